The van der Waals surface area contributed by atoms with Crippen molar-refractivity contribution in [3.05, 3.63) is 0 Å². The fraction of sp³-hybridized carbons (Fsp3) is 1.00. The second-order valence-electron chi connectivity index (χ2n) is 3.91. The number of hydrogen-bond acceptors (Lipinski definition) is 3. The summed E-state index contributed by atoms with van der Waals surface area (Å²) in [4.78, 5) is 2.43. The van der Waals surface area contributed by atoms with E-state index in [-0.39, 0.29) is 6.61 Å². The Labute approximate surface area is 94.4 Å². The van der Waals surface area contributed by atoms with Crippen molar-refractivity contribution < 1.29 is 9.84 Å². The Morgan fingerprint density at radius 2 is 1.80 bits per heavy atom. The maximum atomic E-state index is 8.57. The highest BCUT2D eigenvalue weighted by Gasteiger charge is 2.09. The minimum Gasteiger partial charge on any atom is -0.394 e. The lowest BCUT2D eigenvalue weighted by molar-refractivity contribution is 0.0709. The van der Waals surface area contributed by atoms with Gasteiger partial charge >= 0.3 is 0 Å². The van der Waals surface area contributed by atoms with Crippen LogP contribution in [0, 0.1) is 5.92 Å². The molecule has 0 atom stereocenters. The number of nitrogens with zero attached hydrogens (tertiary/aromatic N) is 1. The molecule has 0 aromatic heterocycles. The summed E-state index contributed by atoms with van der Waals surface area (Å²) in [5.74, 6) is 0.808. The number of likely N-dealkylation sites (N-methyl/N-ethyl adjacent to an activating group) is 1. The first-order valence-electron chi connectivity index (χ1n) is 6.19. The Balaban J connectivity index is 3.61. The minimum absolute atomic E-state index is 0.124. The molecule has 3 heteroatoms. The van der Waals surface area contributed by atoms with Gasteiger partial charge in [-0.1, -0.05) is 33.6 Å². The zero-order chi connectivity index (χ0) is 11.5. The number of hydrogen-bond donors (Lipinski definition) is 1. The molecule has 0 aliphatic carbocycles. The molecule has 0 aliphatic rings. The van der Waals surface area contributed by atoms with Gasteiger partial charge in [-0.25, -0.2) is 0 Å². The van der Waals surface area contributed by atoms with Crippen LogP contribution in [0.25, 0.3) is 0 Å². The van der Waals surface area contributed by atoms with E-state index in [9.17, 15) is 0 Å². The molecule has 0 radical (unpaired) electrons. The van der Waals surface area contributed by atoms with Gasteiger partial charge in [0.15, 0.2) is 0 Å². The molecule has 92 valence electrons. The zero-order valence-electron chi connectivity index (χ0n) is 10.5. The third kappa shape index (κ3) is 7.77. The molecule has 0 aromatic carbocycles. The lowest BCUT2D eigenvalue weighted by Gasteiger charge is -2.24. The van der Waals surface area contributed by atoms with Crippen LogP contribution in [0.3, 0.4) is 0 Å². The van der Waals surface area contributed by atoms with Gasteiger partial charge in [0.25, 0.3) is 0 Å². The van der Waals surface area contributed by atoms with Crippen LogP contribution in [0.15, 0.2) is 0 Å². The van der Waals surface area contributed by atoms with Gasteiger partial charge in [0.2, 0.25) is 0 Å². The highest BCUT2D eigenvalue weighted by atomic mass is 16.5. The Kier molecular flexibility index (Phi) is 10.3. The molecule has 1 N–H and O–H groups in total. The van der Waals surface area contributed by atoms with E-state index in [0.717, 1.165) is 25.6 Å². The van der Waals surface area contributed by atoms with Gasteiger partial charge in [0, 0.05) is 13.1 Å². The molecular formula is C12H27NO2. The van der Waals surface area contributed by atoms with Crippen LogP contribution in [0.1, 0.15) is 33.6 Å². The van der Waals surface area contributed by atoms with Gasteiger partial charge in [0.1, 0.15) is 0 Å². The molecule has 0 spiro atoms. The maximum Gasteiger partial charge on any atom is 0.0698 e. The zero-order valence-corrected chi connectivity index (χ0v) is 10.5. The first kappa shape index (κ1) is 14.9. The van der Waals surface area contributed by atoms with Gasteiger partial charge in [-0.2, -0.15) is 0 Å². The van der Waals surface area contributed by atoms with E-state index in [1.165, 1.54) is 19.4 Å². The van der Waals surface area contributed by atoms with Gasteiger partial charge < -0.3 is 14.7 Å². The van der Waals surface area contributed by atoms with Crippen molar-refractivity contribution in [3.63, 3.8) is 0 Å². The molecule has 0 aliphatic heterocycles. The van der Waals surface area contributed by atoms with E-state index in [2.05, 4.69) is 25.7 Å². The smallest absolute Gasteiger partial charge is 0.0698 e. The molecule has 15 heavy (non-hydrogen) atoms. The fourth-order valence-corrected chi connectivity index (χ4v) is 1.65. The van der Waals surface area contributed by atoms with E-state index in [4.69, 9.17) is 9.84 Å². The summed E-state index contributed by atoms with van der Waals surface area (Å²) in [5, 5.41) is 8.57. The largest absolute Gasteiger partial charge is 0.394 e. The molecule has 0 saturated heterocycles. The Morgan fingerprint density at radius 1 is 1.13 bits per heavy atom. The van der Waals surface area contributed by atoms with Gasteiger partial charge in [-0.3, -0.25) is 0 Å². The van der Waals surface area contributed by atoms with E-state index >= 15 is 0 Å². The van der Waals surface area contributed by atoms with Gasteiger partial charge in [0.05, 0.1) is 19.8 Å². The molecule has 3 nitrogen and oxygen atoms in total. The van der Waals surface area contributed by atoms with Crippen LogP contribution in [-0.2, 0) is 4.74 Å². The number of aliphatic hydroxyl groups is 1. The maximum absolute atomic E-state index is 8.57. The summed E-state index contributed by atoms with van der Waals surface area (Å²) in [7, 11) is 0. The topological polar surface area (TPSA) is 32.7 Å². The third-order valence-electron chi connectivity index (χ3n) is 2.91. The van der Waals surface area contributed by atoms with Crippen LogP contribution in [0.4, 0.5) is 0 Å². The van der Waals surface area contributed by atoms with Crippen molar-refractivity contribution in [2.24, 2.45) is 5.92 Å². The normalized spacial score (nSPS) is 11.6. The first-order valence-corrected chi connectivity index (χ1v) is 6.19. The SMILES string of the molecule is CCC(CC)CN(CC)CCOCCO. The summed E-state index contributed by atoms with van der Waals surface area (Å²) < 4.78 is 5.27. The van der Waals surface area contributed by atoms with Crippen LogP contribution >= 0.6 is 0 Å². The molecule has 0 amide bonds. The van der Waals surface area contributed by atoms with Crippen molar-refractivity contribution in [3.8, 4) is 0 Å². The Bertz CT molecular complexity index is 127. The van der Waals surface area contributed by atoms with E-state index in [0.29, 0.717) is 6.61 Å². The summed E-state index contributed by atoms with van der Waals surface area (Å²) in [6.45, 7) is 11.2. The van der Waals surface area contributed by atoms with E-state index < -0.39 is 0 Å². The second-order valence-corrected chi connectivity index (χ2v) is 3.91. The van der Waals surface area contributed by atoms with Crippen molar-refractivity contribution in [2.75, 3.05) is 39.5 Å². The summed E-state index contributed by atoms with van der Waals surface area (Å²) >= 11 is 0. The molecule has 0 aromatic rings. The average Bonchev–Trinajstić information content (AvgIpc) is 2.28. The monoisotopic (exact) mass is 217 g/mol. The van der Waals surface area contributed by atoms with Crippen molar-refractivity contribution in [1.82, 2.24) is 4.90 Å². The lowest BCUT2D eigenvalue weighted by atomic mass is 10.0. The quantitative estimate of drug-likeness (QED) is 0.566. The fourth-order valence-electron chi connectivity index (χ4n) is 1.65. The van der Waals surface area contributed by atoms with E-state index in [1.54, 1.807) is 0 Å². The predicted octanol–water partition coefficient (Wildman–Crippen LogP) is 1.75. The van der Waals surface area contributed by atoms with Crippen molar-refractivity contribution in [2.45, 2.75) is 33.6 Å². The van der Waals surface area contributed by atoms with Crippen LogP contribution < -0.4 is 0 Å². The molecular weight excluding hydrogens is 190 g/mol. The average molecular weight is 217 g/mol. The number of aliphatic hydroxyl groups excluding tert-OH is 1. The minimum atomic E-state index is 0.124. The summed E-state index contributed by atoms with van der Waals surface area (Å²) in [6.07, 6.45) is 2.51. The summed E-state index contributed by atoms with van der Waals surface area (Å²) in [5.41, 5.74) is 0. The van der Waals surface area contributed by atoms with Gasteiger partial charge in [-0.05, 0) is 12.5 Å². The standard InChI is InChI=1S/C12H27NO2/c1-4-12(5-2)11-13(6-3)7-9-15-10-8-14/h12,14H,4-11H2,1-3H3. The second kappa shape index (κ2) is 10.4. The Morgan fingerprint density at radius 3 is 2.27 bits per heavy atom. The highest BCUT2D eigenvalue weighted by molar-refractivity contribution is 4.62. The molecule has 0 unspecified atom stereocenters. The number of ether oxygens (including phenoxy) is 1. The van der Waals surface area contributed by atoms with Crippen molar-refractivity contribution in [1.29, 1.82) is 0 Å². The van der Waals surface area contributed by atoms with Crippen LogP contribution in [-0.4, -0.2) is 49.5 Å². The Hall–Kier alpha value is -0.120. The van der Waals surface area contributed by atoms with Crippen molar-refractivity contribution >= 4 is 0 Å². The predicted molar refractivity (Wildman–Crippen MR) is 64.1 cm³/mol. The van der Waals surface area contributed by atoms with Gasteiger partial charge in [-0.15, -0.1) is 0 Å². The highest BCUT2D eigenvalue weighted by Crippen LogP contribution is 2.09. The molecule has 0 bridgehead atoms. The molecule has 0 rings (SSSR count). The molecule has 0 heterocycles. The number of rotatable bonds is 10. The third-order valence-corrected chi connectivity index (χ3v) is 2.91. The van der Waals surface area contributed by atoms with E-state index in [1.807, 2.05) is 0 Å². The van der Waals surface area contributed by atoms with Crippen LogP contribution in [0.5, 0.6) is 0 Å². The lowest BCUT2D eigenvalue weighted by Crippen LogP contribution is -2.32. The molecule has 0 fully saturated rings. The van der Waals surface area contributed by atoms with Crippen LogP contribution in [0.2, 0.25) is 0 Å². The molecule has 0 saturated carbocycles. The first-order chi connectivity index (χ1) is 7.28. The summed E-state index contributed by atoms with van der Waals surface area (Å²) in [6, 6.07) is 0.